The molecule has 1 amide bonds. The van der Waals surface area contributed by atoms with Gasteiger partial charge in [-0.15, -0.1) is 0 Å². The first kappa shape index (κ1) is 18.3. The smallest absolute Gasteiger partial charge is 0.534 e. The zero-order valence-corrected chi connectivity index (χ0v) is 14.2. The van der Waals surface area contributed by atoms with Crippen molar-refractivity contribution < 1.29 is 24.0 Å². The Hall–Kier alpha value is -2.02. The molecule has 7 heteroatoms. The van der Waals surface area contributed by atoms with Crippen LogP contribution in [0, 0.1) is 0 Å². The first-order valence-electron chi connectivity index (χ1n) is 8.49. The fraction of sp³-hybridized carbons (Fsp3) is 0.529. The highest BCUT2D eigenvalue weighted by atomic mass is 16.5. The van der Waals surface area contributed by atoms with E-state index in [4.69, 9.17) is 9.39 Å². The number of carbonyl (C=O) groups is 2. The first-order chi connectivity index (χ1) is 11.6. The lowest BCUT2D eigenvalue weighted by Gasteiger charge is -2.29. The van der Waals surface area contributed by atoms with Gasteiger partial charge in [-0.05, 0) is 31.4 Å². The van der Waals surface area contributed by atoms with Crippen molar-refractivity contribution >= 4 is 19.0 Å². The highest BCUT2D eigenvalue weighted by Crippen LogP contribution is 2.30. The van der Waals surface area contributed by atoms with Crippen molar-refractivity contribution in [2.75, 3.05) is 6.61 Å². The maximum Gasteiger partial charge on any atom is 0.547 e. The average molecular weight is 333 g/mol. The van der Waals surface area contributed by atoms with Gasteiger partial charge in [0, 0.05) is 6.42 Å². The third kappa shape index (κ3) is 4.51. The third-order valence-electron chi connectivity index (χ3n) is 3.97. The van der Waals surface area contributed by atoms with E-state index in [0.717, 1.165) is 24.8 Å². The summed E-state index contributed by atoms with van der Waals surface area (Å²) in [5.74, 6) is -0.770. The summed E-state index contributed by atoms with van der Waals surface area (Å²) in [5.41, 5.74) is 1.06. The van der Waals surface area contributed by atoms with Crippen molar-refractivity contribution in [3.05, 3.63) is 29.3 Å². The predicted molar refractivity (Wildman–Crippen MR) is 90.8 cm³/mol. The Balaban J connectivity index is 2.06. The largest absolute Gasteiger partial charge is 0.547 e. The van der Waals surface area contributed by atoms with Gasteiger partial charge >= 0.3 is 13.1 Å². The Bertz CT molecular complexity index is 592. The van der Waals surface area contributed by atoms with Gasteiger partial charge in [0.15, 0.2) is 0 Å². The predicted octanol–water partition coefficient (Wildman–Crippen LogP) is 1.88. The second-order valence-corrected chi connectivity index (χ2v) is 5.86. The molecule has 0 saturated carbocycles. The molecule has 1 aromatic rings. The van der Waals surface area contributed by atoms with E-state index >= 15 is 0 Å². The molecular formula is C17H24BNO5. The number of nitrogens with one attached hydrogen (secondary N) is 1. The van der Waals surface area contributed by atoms with E-state index in [1.54, 1.807) is 19.1 Å². The summed E-state index contributed by atoms with van der Waals surface area (Å²) in [7, 11) is -1.19. The number of rotatable bonds is 7. The summed E-state index contributed by atoms with van der Waals surface area (Å²) in [6.07, 6.45) is 3.72. The molecule has 130 valence electrons. The summed E-state index contributed by atoms with van der Waals surface area (Å²) in [6.45, 7) is 4.07. The number of unbranched alkanes of at least 4 members (excludes halogenated alkanes) is 2. The van der Waals surface area contributed by atoms with Crippen LogP contribution in [0.25, 0.3) is 0 Å². The molecule has 6 nitrogen and oxygen atoms in total. The molecular weight excluding hydrogens is 309 g/mol. The standard InChI is InChI=1S/C17H24BNO5/c1-3-5-6-10-15(20)19-14-11-12-8-7-9-13(17(21)23-4-2)16(12)24-18(14)22/h7-9,14,22H,3-6,10-11H2,1-2H3,(H,19,20)/t14-/m0/s1. The number of hydrogen-bond donors (Lipinski definition) is 2. The zero-order valence-electron chi connectivity index (χ0n) is 14.2. The highest BCUT2D eigenvalue weighted by molar-refractivity contribution is 6.47. The summed E-state index contributed by atoms with van der Waals surface area (Å²) in [4.78, 5) is 23.9. The second-order valence-electron chi connectivity index (χ2n) is 5.86. The Labute approximate surface area is 142 Å². The number of benzene rings is 1. The first-order valence-corrected chi connectivity index (χ1v) is 8.49. The maximum absolute atomic E-state index is 12.0. The van der Waals surface area contributed by atoms with Crippen LogP contribution in [0.3, 0.4) is 0 Å². The molecule has 0 fully saturated rings. The van der Waals surface area contributed by atoms with E-state index in [0.29, 0.717) is 24.2 Å². The Morgan fingerprint density at radius 2 is 2.17 bits per heavy atom. The lowest BCUT2D eigenvalue weighted by molar-refractivity contribution is -0.121. The van der Waals surface area contributed by atoms with Gasteiger partial charge in [0.1, 0.15) is 11.3 Å². The molecule has 24 heavy (non-hydrogen) atoms. The van der Waals surface area contributed by atoms with E-state index < -0.39 is 19.0 Å². The Kier molecular flexibility index (Phi) is 6.67. The number of fused-ring (bicyclic) bond motifs is 1. The van der Waals surface area contributed by atoms with Crippen molar-refractivity contribution in [3.8, 4) is 5.75 Å². The maximum atomic E-state index is 12.0. The fourth-order valence-corrected chi connectivity index (χ4v) is 2.73. The monoisotopic (exact) mass is 333 g/mol. The van der Waals surface area contributed by atoms with Crippen LogP contribution in [-0.2, 0) is 16.0 Å². The van der Waals surface area contributed by atoms with Gasteiger partial charge in [0.05, 0.1) is 12.5 Å². The minimum Gasteiger partial charge on any atom is -0.534 e. The van der Waals surface area contributed by atoms with E-state index in [1.807, 2.05) is 6.07 Å². The number of ether oxygens (including phenoxy) is 1. The number of esters is 1. The van der Waals surface area contributed by atoms with Gasteiger partial charge in [-0.1, -0.05) is 31.9 Å². The van der Waals surface area contributed by atoms with Crippen LogP contribution in [-0.4, -0.2) is 36.6 Å². The van der Waals surface area contributed by atoms with Gasteiger partial charge in [0.2, 0.25) is 5.91 Å². The van der Waals surface area contributed by atoms with Crippen LogP contribution >= 0.6 is 0 Å². The van der Waals surface area contributed by atoms with Crippen molar-refractivity contribution in [1.82, 2.24) is 5.32 Å². The molecule has 0 radical (unpaired) electrons. The molecule has 1 atom stereocenters. The molecule has 0 spiro atoms. The molecule has 1 aromatic carbocycles. The van der Waals surface area contributed by atoms with Crippen molar-refractivity contribution in [3.63, 3.8) is 0 Å². The van der Waals surface area contributed by atoms with Crippen molar-refractivity contribution in [1.29, 1.82) is 0 Å². The molecule has 0 aromatic heterocycles. The van der Waals surface area contributed by atoms with Crippen molar-refractivity contribution in [2.24, 2.45) is 0 Å². The van der Waals surface area contributed by atoms with Gasteiger partial charge in [-0.25, -0.2) is 4.79 Å². The molecule has 0 saturated heterocycles. The topological polar surface area (TPSA) is 84.9 Å². The van der Waals surface area contributed by atoms with Gasteiger partial charge < -0.3 is 19.7 Å². The minimum absolute atomic E-state index is 0.0962. The van der Waals surface area contributed by atoms with Gasteiger partial charge in [0.25, 0.3) is 0 Å². The molecule has 2 N–H and O–H groups in total. The highest BCUT2D eigenvalue weighted by Gasteiger charge is 2.37. The van der Waals surface area contributed by atoms with E-state index in [9.17, 15) is 14.6 Å². The SMILES string of the molecule is CCCCCC(=O)N[C@H]1Cc2cccc(C(=O)OCC)c2OB1O. The minimum atomic E-state index is -1.19. The van der Waals surface area contributed by atoms with Crippen molar-refractivity contribution in [2.45, 2.75) is 51.9 Å². The van der Waals surface area contributed by atoms with Crippen LogP contribution in [0.5, 0.6) is 5.75 Å². The zero-order chi connectivity index (χ0) is 17.5. The van der Waals surface area contributed by atoms with E-state index in [1.165, 1.54) is 0 Å². The summed E-state index contributed by atoms with van der Waals surface area (Å²) in [6, 6.07) is 5.17. The summed E-state index contributed by atoms with van der Waals surface area (Å²) >= 11 is 0. The normalized spacial score (nSPS) is 16.1. The number of amides is 1. The van der Waals surface area contributed by atoms with Gasteiger partial charge in [-0.3, -0.25) is 4.79 Å². The van der Waals surface area contributed by atoms with Gasteiger partial charge in [-0.2, -0.15) is 0 Å². The quantitative estimate of drug-likeness (QED) is 0.452. The molecule has 1 aliphatic rings. The Morgan fingerprint density at radius 1 is 1.38 bits per heavy atom. The summed E-state index contributed by atoms with van der Waals surface area (Å²) in [5, 5.41) is 13.0. The van der Waals surface area contributed by atoms with Crippen LogP contribution in [0.2, 0.25) is 0 Å². The Morgan fingerprint density at radius 3 is 2.88 bits per heavy atom. The molecule has 2 rings (SSSR count). The number of carbonyl (C=O) groups excluding carboxylic acids is 2. The average Bonchev–Trinajstić information content (AvgIpc) is 2.55. The number of hydrogen-bond acceptors (Lipinski definition) is 5. The second kappa shape index (κ2) is 8.73. The van der Waals surface area contributed by atoms with Crippen LogP contribution < -0.4 is 9.97 Å². The lowest BCUT2D eigenvalue weighted by atomic mass is 9.72. The molecule has 0 aliphatic carbocycles. The van der Waals surface area contributed by atoms with Crippen LogP contribution in [0.15, 0.2) is 18.2 Å². The molecule has 0 bridgehead atoms. The summed E-state index contributed by atoms with van der Waals surface area (Å²) < 4.78 is 10.5. The van der Waals surface area contributed by atoms with Crippen LogP contribution in [0.4, 0.5) is 0 Å². The molecule has 1 aliphatic heterocycles. The lowest BCUT2D eigenvalue weighted by Crippen LogP contribution is -2.53. The number of para-hydroxylation sites is 1. The fourth-order valence-electron chi connectivity index (χ4n) is 2.73. The molecule has 1 heterocycles. The van der Waals surface area contributed by atoms with E-state index in [2.05, 4.69) is 12.2 Å². The van der Waals surface area contributed by atoms with Crippen LogP contribution in [0.1, 0.15) is 55.5 Å². The molecule has 0 unspecified atom stereocenters. The third-order valence-corrected chi connectivity index (χ3v) is 3.97. The van der Waals surface area contributed by atoms with E-state index in [-0.39, 0.29) is 12.5 Å².